The first-order valence-corrected chi connectivity index (χ1v) is 22.6. The monoisotopic (exact) mass is 903 g/mol. The van der Waals surface area contributed by atoms with Gasteiger partial charge in [0.25, 0.3) is 0 Å². The quantitative estimate of drug-likeness (QED) is 0.0294. The molecule has 0 bridgehead atoms. The number of nitrogen functional groups attached to an aromatic ring is 1. The summed E-state index contributed by atoms with van der Waals surface area (Å²) in [5, 5.41) is 22.0. The number of nitrogens with one attached hydrogen (secondary N) is 4. The number of amides is 4. The largest absolute Gasteiger partial charge is 0.470 e. The van der Waals surface area contributed by atoms with Gasteiger partial charge in [-0.1, -0.05) is 12.8 Å². The molecule has 25 nitrogen and oxygen atoms in total. The average molecular weight is 904 g/mol. The highest BCUT2D eigenvalue weighted by Crippen LogP contribution is 2.45. The van der Waals surface area contributed by atoms with Gasteiger partial charge in [-0.15, -0.1) is 0 Å². The maximum absolute atomic E-state index is 12.6. The first-order valence-electron chi connectivity index (χ1n) is 19.5. The normalized spacial score (nSPS) is 21.8. The van der Waals surface area contributed by atoms with Gasteiger partial charge >= 0.3 is 27.4 Å². The number of nitrogens with two attached hydrogens (primary N) is 1. The summed E-state index contributed by atoms with van der Waals surface area (Å²) < 4.78 is 59.6. The predicted molar refractivity (Wildman–Crippen MR) is 208 cm³/mol. The number of aryl methyl sites for hydroxylation is 1. The van der Waals surface area contributed by atoms with Crippen LogP contribution in [-0.2, 0) is 57.9 Å². The molecule has 4 amide bonds. The van der Waals surface area contributed by atoms with Crippen molar-refractivity contribution < 1.29 is 80.9 Å². The molecule has 11 N–H and O–H groups in total. The lowest BCUT2D eigenvalue weighted by molar-refractivity contribution is -0.122. The van der Waals surface area contributed by atoms with Crippen LogP contribution in [0.1, 0.15) is 63.7 Å². The van der Waals surface area contributed by atoms with Gasteiger partial charge in [-0.3, -0.25) is 23.2 Å². The maximum Gasteiger partial charge on any atom is 0.470 e. The maximum atomic E-state index is 12.6. The molecule has 344 valence electrons. The van der Waals surface area contributed by atoms with E-state index in [1.807, 2.05) is 6.92 Å². The van der Waals surface area contributed by atoms with Crippen LogP contribution in [0.25, 0.3) is 0 Å². The predicted octanol–water partition coefficient (Wildman–Crippen LogP) is -1.69. The molecule has 1 aromatic rings. The van der Waals surface area contributed by atoms with Gasteiger partial charge in [0.05, 0.1) is 65.5 Å². The molecule has 60 heavy (non-hydrogen) atoms. The van der Waals surface area contributed by atoms with Crippen molar-refractivity contribution >= 4 is 39.3 Å². The fourth-order valence-electron chi connectivity index (χ4n) is 6.10. The molecule has 2 aliphatic rings. The van der Waals surface area contributed by atoms with Crippen molar-refractivity contribution in [2.24, 2.45) is 0 Å². The molecule has 2 fully saturated rings. The summed E-state index contributed by atoms with van der Waals surface area (Å²) in [5.41, 5.74) is 5.20. The number of phosphoric ester groups is 2. The van der Waals surface area contributed by atoms with E-state index in [0.717, 1.165) is 30.3 Å². The molecule has 6 atom stereocenters. The number of nitrogens with zero attached hydrogens (tertiary/aromatic N) is 2. The van der Waals surface area contributed by atoms with Crippen LogP contribution in [0.3, 0.4) is 0 Å². The van der Waals surface area contributed by atoms with Crippen molar-refractivity contribution in [3.8, 4) is 0 Å². The number of unbranched alkanes of at least 4 members (excludes halogenated alkanes) is 2. The number of aliphatic hydroxyl groups excluding tert-OH is 1. The molecule has 3 rings (SSSR count). The van der Waals surface area contributed by atoms with Gasteiger partial charge < -0.3 is 75.4 Å². The van der Waals surface area contributed by atoms with E-state index in [1.54, 1.807) is 0 Å². The number of carbonyl (C=O) groups excluding carboxylic acids is 3. The topological polar surface area (TPSA) is 360 Å². The minimum absolute atomic E-state index is 0.0165. The molecular formula is C33H59N7O18P2. The van der Waals surface area contributed by atoms with E-state index in [9.17, 15) is 43.2 Å². The Morgan fingerprint density at radius 3 is 2.08 bits per heavy atom. The van der Waals surface area contributed by atoms with Gasteiger partial charge in [0, 0.05) is 43.7 Å². The Hall–Kier alpha value is -3.13. The molecule has 4 unspecified atom stereocenters. The average Bonchev–Trinajstić information content (AvgIpc) is 3.65. The molecular weight excluding hydrogens is 844 g/mol. The molecule has 3 heterocycles. The Morgan fingerprint density at radius 2 is 1.47 bits per heavy atom. The Labute approximate surface area is 346 Å². The highest BCUT2D eigenvalue weighted by Gasteiger charge is 2.49. The number of phosphoric acid groups is 2. The Bertz CT molecular complexity index is 1650. The number of anilines is 1. The molecule has 2 aliphatic heterocycles. The third-order valence-corrected chi connectivity index (χ3v) is 10.1. The lowest BCUT2D eigenvalue weighted by Gasteiger charge is -2.21. The fourth-order valence-corrected chi connectivity index (χ4v) is 7.02. The van der Waals surface area contributed by atoms with E-state index in [0.29, 0.717) is 64.6 Å². The Kier molecular flexibility index (Phi) is 22.5. The summed E-state index contributed by atoms with van der Waals surface area (Å²) >= 11 is 0. The zero-order valence-corrected chi connectivity index (χ0v) is 35.2. The molecule has 0 saturated carbocycles. The molecule has 1 aromatic heterocycles. The van der Waals surface area contributed by atoms with Crippen molar-refractivity contribution in [1.29, 1.82) is 0 Å². The van der Waals surface area contributed by atoms with Crippen molar-refractivity contribution in [3.05, 3.63) is 22.2 Å². The minimum atomic E-state index is -5.24. The second-order valence-corrected chi connectivity index (χ2v) is 16.3. The van der Waals surface area contributed by atoms with Crippen molar-refractivity contribution in [2.45, 2.75) is 94.9 Å². The molecule has 0 aliphatic carbocycles. The van der Waals surface area contributed by atoms with Gasteiger partial charge in [0.1, 0.15) is 24.1 Å². The van der Waals surface area contributed by atoms with Crippen LogP contribution in [0.4, 0.5) is 10.6 Å². The summed E-state index contributed by atoms with van der Waals surface area (Å²) in [7, 11) is -10.3. The van der Waals surface area contributed by atoms with Crippen LogP contribution < -0.4 is 32.7 Å². The van der Waals surface area contributed by atoms with Crippen LogP contribution in [0.5, 0.6) is 0 Å². The first kappa shape index (κ1) is 51.2. The number of carbonyl (C=O) groups is 3. The van der Waals surface area contributed by atoms with Gasteiger partial charge in [-0.05, 0) is 32.6 Å². The van der Waals surface area contributed by atoms with Crippen LogP contribution in [0.15, 0.2) is 11.0 Å². The van der Waals surface area contributed by atoms with E-state index in [-0.39, 0.29) is 68.3 Å². The molecule has 27 heteroatoms. The summed E-state index contributed by atoms with van der Waals surface area (Å²) in [6.07, 6.45) is -1.20. The minimum Gasteiger partial charge on any atom is -0.386 e. The van der Waals surface area contributed by atoms with Crippen molar-refractivity contribution in [1.82, 2.24) is 30.8 Å². The second kappa shape index (κ2) is 26.4. The van der Waals surface area contributed by atoms with Gasteiger partial charge in [0.2, 0.25) is 11.8 Å². The zero-order chi connectivity index (χ0) is 44.1. The van der Waals surface area contributed by atoms with E-state index in [4.69, 9.17) is 39.2 Å². The number of aliphatic hydroxyl groups is 1. The summed E-state index contributed by atoms with van der Waals surface area (Å²) in [6, 6.07) is 0.139. The molecule has 0 aromatic carbocycles. The Morgan fingerprint density at radius 1 is 0.850 bits per heavy atom. The molecule has 2 saturated heterocycles. The van der Waals surface area contributed by atoms with Gasteiger partial charge in [-0.25, -0.2) is 18.7 Å². The van der Waals surface area contributed by atoms with Crippen LogP contribution in [0.2, 0.25) is 0 Å². The van der Waals surface area contributed by atoms with Crippen molar-refractivity contribution in [3.63, 3.8) is 0 Å². The number of aromatic nitrogens is 2. The van der Waals surface area contributed by atoms with E-state index in [2.05, 4.69) is 35.3 Å². The van der Waals surface area contributed by atoms with E-state index >= 15 is 0 Å². The highest BCUT2D eigenvalue weighted by molar-refractivity contribution is 7.46. The molecule has 0 radical (unpaired) electrons. The summed E-state index contributed by atoms with van der Waals surface area (Å²) in [6.45, 7) is 4.21. The first-order chi connectivity index (χ1) is 28.4. The van der Waals surface area contributed by atoms with Gasteiger partial charge in [0.15, 0.2) is 6.23 Å². The zero-order valence-electron chi connectivity index (χ0n) is 33.4. The lowest BCUT2D eigenvalue weighted by atomic mass is 10.0. The summed E-state index contributed by atoms with van der Waals surface area (Å²) in [4.78, 5) is 88.4. The van der Waals surface area contributed by atoms with Crippen LogP contribution in [-0.4, -0.2) is 155 Å². The Balaban J connectivity index is 1.16. The number of hydrogen-bond acceptors (Lipinski definition) is 16. The second-order valence-electron chi connectivity index (χ2n) is 13.9. The van der Waals surface area contributed by atoms with E-state index in [1.165, 1.54) is 6.20 Å². The van der Waals surface area contributed by atoms with Crippen LogP contribution >= 0.6 is 15.6 Å². The molecule has 0 spiro atoms. The summed E-state index contributed by atoms with van der Waals surface area (Å²) in [5.74, 6) is -0.442. The SMILES string of the molecule is C[C@@H]1NC(=O)N[C@@H]1CCCCCC(=O)NCCOCCOCCOCCOCCC(=O)NCCCc1cn(C2OC(COP(=O)(O)O)C(OP(=O)(O)O)C2O)c(=O)nc1N. The lowest BCUT2D eigenvalue weighted by Crippen LogP contribution is -2.38. The number of rotatable bonds is 31. The smallest absolute Gasteiger partial charge is 0.386 e. The van der Waals surface area contributed by atoms with Crippen LogP contribution in [0, 0.1) is 0 Å². The van der Waals surface area contributed by atoms with Crippen molar-refractivity contribution in [2.75, 3.05) is 78.3 Å². The third-order valence-electron chi connectivity index (χ3n) is 9.11. The fraction of sp³-hybridized carbons (Fsp3) is 0.788. The number of urea groups is 1. The number of hydrogen-bond donors (Lipinski definition) is 10. The number of ether oxygens (including phenoxy) is 5. The third kappa shape index (κ3) is 20.2. The standard InChI is InChI=1S/C33H59N7O18P2/c1-22-24(38-32(44)37-22)7-3-2-4-8-26(41)36-11-13-53-15-17-55-19-18-54-16-14-52-12-9-27(42)35-10-5-6-23-20-40(33(45)39-30(23)34)31-28(43)29(58-60(49,50)51)25(57-31)21-56-59(46,47)48/h20,22,24-25,28-29,31,43H,2-19,21H2,1H3,(H,35,42)(H,36,41)(H2,34,39,45)(H2,37,38,44)(H2,46,47,48)(H2,49,50,51)/t22-,24+,25?,28?,29?,31?/m0/s1. The van der Waals surface area contributed by atoms with E-state index < -0.39 is 52.5 Å². The van der Waals surface area contributed by atoms with Gasteiger partial charge in [-0.2, -0.15) is 4.98 Å². The highest BCUT2D eigenvalue weighted by atomic mass is 31.2.